The van der Waals surface area contributed by atoms with E-state index in [2.05, 4.69) is 29.2 Å². The molecule has 2 heterocycles. The van der Waals surface area contributed by atoms with E-state index in [9.17, 15) is 4.79 Å². The average Bonchev–Trinajstić information content (AvgIpc) is 3.14. The van der Waals surface area contributed by atoms with Crippen molar-refractivity contribution in [3.05, 3.63) is 99.9 Å². The van der Waals surface area contributed by atoms with Gasteiger partial charge in [-0.2, -0.15) is 0 Å². The van der Waals surface area contributed by atoms with Crippen molar-refractivity contribution in [2.45, 2.75) is 6.42 Å². The van der Waals surface area contributed by atoms with Gasteiger partial charge in [0.15, 0.2) is 0 Å². The lowest BCUT2D eigenvalue weighted by Crippen LogP contribution is -2.11. The lowest BCUT2D eigenvalue weighted by molar-refractivity contribution is 0.983. The maximum absolute atomic E-state index is 12.8. The number of aromatic nitrogens is 2. The van der Waals surface area contributed by atoms with Gasteiger partial charge in [-0.05, 0) is 21.9 Å². The van der Waals surface area contributed by atoms with Gasteiger partial charge in [-0.3, -0.25) is 4.79 Å². The molecule has 1 N–H and O–H groups in total. The zero-order valence-corrected chi connectivity index (χ0v) is 15.3. The van der Waals surface area contributed by atoms with Gasteiger partial charge < -0.3 is 4.98 Å². The summed E-state index contributed by atoms with van der Waals surface area (Å²) in [6.45, 7) is 0. The number of nitrogens with zero attached hydrogens (tertiary/aromatic N) is 1. The van der Waals surface area contributed by atoms with Crippen molar-refractivity contribution in [1.29, 1.82) is 0 Å². The van der Waals surface area contributed by atoms with Crippen LogP contribution in [0.1, 0.15) is 11.4 Å². The maximum Gasteiger partial charge on any atom is 0.260 e. The van der Waals surface area contributed by atoms with Crippen LogP contribution in [0, 0.1) is 0 Å². The molecule has 0 aliphatic carbocycles. The van der Waals surface area contributed by atoms with Crippen LogP contribution >= 0.6 is 11.3 Å². The Morgan fingerprint density at radius 3 is 2.56 bits per heavy atom. The van der Waals surface area contributed by atoms with E-state index in [0.717, 1.165) is 21.5 Å². The third-order valence-electron chi connectivity index (χ3n) is 4.82. The fourth-order valence-electron chi connectivity index (χ4n) is 3.53. The second-order valence-corrected chi connectivity index (χ2v) is 7.38. The smallest absolute Gasteiger partial charge is 0.260 e. The number of nitrogens with one attached hydrogen (secondary N) is 1. The summed E-state index contributed by atoms with van der Waals surface area (Å²) < 4.78 is 0. The lowest BCUT2D eigenvalue weighted by Gasteiger charge is -2.06. The maximum atomic E-state index is 12.8. The largest absolute Gasteiger partial charge is 0.310 e. The molecule has 0 radical (unpaired) electrons. The Bertz CT molecular complexity index is 1310. The van der Waals surface area contributed by atoms with Crippen molar-refractivity contribution in [1.82, 2.24) is 9.97 Å². The molecule has 5 aromatic rings. The van der Waals surface area contributed by atoms with Crippen LogP contribution in [0.4, 0.5) is 0 Å². The van der Waals surface area contributed by atoms with Gasteiger partial charge in [-0.1, -0.05) is 72.8 Å². The van der Waals surface area contributed by atoms with Crippen LogP contribution in [-0.4, -0.2) is 9.97 Å². The molecule has 2 aromatic heterocycles. The minimum atomic E-state index is -0.0738. The number of rotatable bonds is 3. The Hall–Kier alpha value is -3.24. The molecule has 5 rings (SSSR count). The Balaban J connectivity index is 1.60. The van der Waals surface area contributed by atoms with Crippen LogP contribution in [0.2, 0.25) is 0 Å². The van der Waals surface area contributed by atoms with E-state index in [1.807, 2.05) is 53.9 Å². The molecule has 4 heteroatoms. The van der Waals surface area contributed by atoms with Crippen LogP contribution in [0.15, 0.2) is 83.0 Å². The third-order valence-corrected chi connectivity index (χ3v) is 5.69. The first kappa shape index (κ1) is 16.0. The normalized spacial score (nSPS) is 11.3. The van der Waals surface area contributed by atoms with Gasteiger partial charge in [-0.15, -0.1) is 11.3 Å². The zero-order valence-electron chi connectivity index (χ0n) is 14.5. The van der Waals surface area contributed by atoms with Crippen molar-refractivity contribution in [3.63, 3.8) is 0 Å². The van der Waals surface area contributed by atoms with E-state index in [0.29, 0.717) is 17.6 Å². The van der Waals surface area contributed by atoms with E-state index < -0.39 is 0 Å². The fourth-order valence-corrected chi connectivity index (χ4v) is 4.50. The van der Waals surface area contributed by atoms with Crippen molar-refractivity contribution < 1.29 is 0 Å². The number of aromatic amines is 1. The van der Waals surface area contributed by atoms with Gasteiger partial charge in [0, 0.05) is 17.4 Å². The summed E-state index contributed by atoms with van der Waals surface area (Å²) >= 11 is 1.52. The standard InChI is InChI=1S/C23H16N2OS/c26-22-21-19(16-7-2-1-3-8-16)14-27-23(21)25-20(24-22)13-17-11-6-10-15-9-4-5-12-18(15)17/h1-12,14H,13H2,(H,24,25,26). The molecule has 3 aromatic carbocycles. The number of hydrogen-bond donors (Lipinski definition) is 1. The highest BCUT2D eigenvalue weighted by molar-refractivity contribution is 7.17. The van der Waals surface area contributed by atoms with Gasteiger partial charge >= 0.3 is 0 Å². The third kappa shape index (κ3) is 2.84. The van der Waals surface area contributed by atoms with Gasteiger partial charge in [0.1, 0.15) is 10.7 Å². The fraction of sp³-hybridized carbons (Fsp3) is 0.0435. The zero-order chi connectivity index (χ0) is 18.2. The van der Waals surface area contributed by atoms with Gasteiger partial charge in [0.2, 0.25) is 0 Å². The monoisotopic (exact) mass is 368 g/mol. The Morgan fingerprint density at radius 1 is 0.889 bits per heavy atom. The number of fused-ring (bicyclic) bond motifs is 2. The number of benzene rings is 3. The summed E-state index contributed by atoms with van der Waals surface area (Å²) in [6.07, 6.45) is 0.602. The van der Waals surface area contributed by atoms with Crippen LogP contribution < -0.4 is 5.56 Å². The minimum Gasteiger partial charge on any atom is -0.310 e. The lowest BCUT2D eigenvalue weighted by atomic mass is 10.0. The predicted molar refractivity (Wildman–Crippen MR) is 112 cm³/mol. The van der Waals surface area contributed by atoms with E-state index in [4.69, 9.17) is 4.98 Å². The van der Waals surface area contributed by atoms with E-state index in [-0.39, 0.29) is 5.56 Å². The Kier molecular flexibility index (Phi) is 3.84. The van der Waals surface area contributed by atoms with Gasteiger partial charge in [0.25, 0.3) is 5.56 Å². The summed E-state index contributed by atoms with van der Waals surface area (Å²) in [4.78, 5) is 21.4. The number of hydrogen-bond acceptors (Lipinski definition) is 3. The van der Waals surface area contributed by atoms with Crippen LogP contribution in [0.25, 0.3) is 32.1 Å². The van der Waals surface area contributed by atoms with Crippen LogP contribution in [0.3, 0.4) is 0 Å². The summed E-state index contributed by atoms with van der Waals surface area (Å²) in [6, 6.07) is 24.5. The first-order valence-electron chi connectivity index (χ1n) is 8.82. The van der Waals surface area contributed by atoms with E-state index in [1.54, 1.807) is 0 Å². The first-order chi connectivity index (χ1) is 13.3. The van der Waals surface area contributed by atoms with Crippen molar-refractivity contribution in [3.8, 4) is 11.1 Å². The second-order valence-electron chi connectivity index (χ2n) is 6.52. The topological polar surface area (TPSA) is 45.8 Å². The SMILES string of the molecule is O=c1[nH]c(Cc2cccc3ccccc23)nc2scc(-c3ccccc3)c12. The summed E-state index contributed by atoms with van der Waals surface area (Å²) in [5.41, 5.74) is 3.07. The molecule has 130 valence electrons. The highest BCUT2D eigenvalue weighted by atomic mass is 32.1. The molecule has 3 nitrogen and oxygen atoms in total. The summed E-state index contributed by atoms with van der Waals surface area (Å²) in [5.74, 6) is 0.699. The average molecular weight is 368 g/mol. The van der Waals surface area contributed by atoms with E-state index >= 15 is 0 Å². The first-order valence-corrected chi connectivity index (χ1v) is 9.70. The second kappa shape index (κ2) is 6.49. The highest BCUT2D eigenvalue weighted by Crippen LogP contribution is 2.30. The molecule has 0 saturated heterocycles. The Labute approximate surface area is 160 Å². The molecule has 0 saturated carbocycles. The summed E-state index contributed by atoms with van der Waals surface area (Å²) in [5, 5.41) is 5.08. The molecule has 27 heavy (non-hydrogen) atoms. The Morgan fingerprint density at radius 2 is 1.67 bits per heavy atom. The molecule has 0 fully saturated rings. The van der Waals surface area contributed by atoms with Crippen molar-refractivity contribution in [2.75, 3.05) is 0 Å². The molecule has 0 aliphatic rings. The van der Waals surface area contributed by atoms with E-state index in [1.165, 1.54) is 22.1 Å². The molecule has 0 unspecified atom stereocenters. The summed E-state index contributed by atoms with van der Waals surface area (Å²) in [7, 11) is 0. The molecule has 0 aliphatic heterocycles. The minimum absolute atomic E-state index is 0.0738. The molecule has 0 amide bonds. The molecule has 0 bridgehead atoms. The van der Waals surface area contributed by atoms with Gasteiger partial charge in [-0.25, -0.2) is 4.98 Å². The van der Waals surface area contributed by atoms with Crippen molar-refractivity contribution >= 4 is 32.3 Å². The van der Waals surface area contributed by atoms with Gasteiger partial charge in [0.05, 0.1) is 5.39 Å². The predicted octanol–water partition coefficient (Wildman–Crippen LogP) is 5.40. The molecule has 0 atom stereocenters. The number of thiophene rings is 1. The molecule has 0 spiro atoms. The number of H-pyrrole nitrogens is 1. The van der Waals surface area contributed by atoms with Crippen LogP contribution in [0.5, 0.6) is 0 Å². The highest BCUT2D eigenvalue weighted by Gasteiger charge is 2.13. The van der Waals surface area contributed by atoms with Crippen molar-refractivity contribution in [2.24, 2.45) is 0 Å². The molecular weight excluding hydrogens is 352 g/mol. The van der Waals surface area contributed by atoms with Crippen LogP contribution in [-0.2, 0) is 6.42 Å². The molecular formula is C23H16N2OS. The quantitative estimate of drug-likeness (QED) is 0.464.